The van der Waals surface area contributed by atoms with Crippen LogP contribution in [0, 0.1) is 0 Å². The van der Waals surface area contributed by atoms with Crippen LogP contribution in [0.5, 0.6) is 5.75 Å². The summed E-state index contributed by atoms with van der Waals surface area (Å²) in [5.41, 5.74) is 0.941. The van der Waals surface area contributed by atoms with Crippen molar-refractivity contribution < 1.29 is 14.6 Å². The van der Waals surface area contributed by atoms with Gasteiger partial charge in [-0.25, -0.2) is 0 Å². The molecule has 1 rings (SSSR count). The summed E-state index contributed by atoms with van der Waals surface area (Å²) in [5.74, 6) is 0.679. The van der Waals surface area contributed by atoms with Crippen LogP contribution in [0.2, 0.25) is 0 Å². The second kappa shape index (κ2) is 9.19. The largest absolute Gasteiger partial charge is 0.491 e. The Kier molecular flexibility index (Phi) is 7.54. The van der Waals surface area contributed by atoms with Crippen LogP contribution in [0.3, 0.4) is 0 Å². The molecule has 0 heterocycles. The Morgan fingerprint density at radius 3 is 2.52 bits per heavy atom. The third kappa shape index (κ3) is 6.95. The summed E-state index contributed by atoms with van der Waals surface area (Å²) in [6.45, 7) is 6.03. The zero-order valence-electron chi connectivity index (χ0n) is 13.0. The molecule has 4 nitrogen and oxygen atoms in total. The van der Waals surface area contributed by atoms with E-state index in [2.05, 4.69) is 5.32 Å². The fraction of sp³-hybridized carbons (Fsp3) is 0.471. The van der Waals surface area contributed by atoms with Gasteiger partial charge in [-0.2, -0.15) is 0 Å². The standard InChI is InChI=1S/C17H25NO3/c1-4-15(11-12-19)18-17(20)10-7-14-5-8-16(9-6-14)21-13(2)3/h5-10,13,15,19H,4,11-12H2,1-3H3,(H,18,20)/b10-7+. The number of benzene rings is 1. The zero-order chi connectivity index (χ0) is 15.7. The number of nitrogens with one attached hydrogen (secondary N) is 1. The first-order chi connectivity index (χ1) is 10.0. The normalized spacial score (nSPS) is 12.6. The van der Waals surface area contributed by atoms with Crippen molar-refractivity contribution in [2.45, 2.75) is 45.8 Å². The molecule has 1 atom stereocenters. The first-order valence-electron chi connectivity index (χ1n) is 7.41. The van der Waals surface area contributed by atoms with Gasteiger partial charge >= 0.3 is 0 Å². The van der Waals surface area contributed by atoms with Crippen molar-refractivity contribution >= 4 is 12.0 Å². The van der Waals surface area contributed by atoms with Gasteiger partial charge in [-0.1, -0.05) is 19.1 Å². The number of hydrogen-bond acceptors (Lipinski definition) is 3. The van der Waals surface area contributed by atoms with Crippen LogP contribution in [0.15, 0.2) is 30.3 Å². The van der Waals surface area contributed by atoms with E-state index in [-0.39, 0.29) is 24.7 Å². The lowest BCUT2D eigenvalue weighted by Gasteiger charge is -2.13. The minimum Gasteiger partial charge on any atom is -0.491 e. The lowest BCUT2D eigenvalue weighted by atomic mass is 10.1. The molecule has 0 bridgehead atoms. The molecule has 0 aromatic heterocycles. The van der Waals surface area contributed by atoms with Gasteiger partial charge in [-0.05, 0) is 50.5 Å². The number of hydrogen-bond donors (Lipinski definition) is 2. The molecular formula is C17H25NO3. The highest BCUT2D eigenvalue weighted by atomic mass is 16.5. The van der Waals surface area contributed by atoms with Crippen LogP contribution in [0.25, 0.3) is 6.08 Å². The van der Waals surface area contributed by atoms with Gasteiger partial charge in [0, 0.05) is 18.7 Å². The summed E-state index contributed by atoms with van der Waals surface area (Å²) in [5, 5.41) is 11.8. The molecule has 21 heavy (non-hydrogen) atoms. The molecule has 0 aliphatic carbocycles. The number of ether oxygens (including phenoxy) is 1. The Bertz CT molecular complexity index is 452. The molecule has 2 N–H and O–H groups in total. The van der Waals surface area contributed by atoms with E-state index in [1.165, 1.54) is 6.08 Å². The smallest absolute Gasteiger partial charge is 0.244 e. The van der Waals surface area contributed by atoms with E-state index in [4.69, 9.17) is 9.84 Å². The second-order valence-electron chi connectivity index (χ2n) is 5.20. The molecule has 0 saturated carbocycles. The van der Waals surface area contributed by atoms with Crippen molar-refractivity contribution in [3.63, 3.8) is 0 Å². The summed E-state index contributed by atoms with van der Waals surface area (Å²) in [4.78, 5) is 11.8. The number of amides is 1. The fourth-order valence-corrected chi connectivity index (χ4v) is 1.89. The van der Waals surface area contributed by atoms with Crippen molar-refractivity contribution in [1.29, 1.82) is 0 Å². The molecule has 0 spiro atoms. The van der Waals surface area contributed by atoms with Gasteiger partial charge in [0.25, 0.3) is 0 Å². The number of carbonyl (C=O) groups is 1. The molecule has 1 aromatic carbocycles. The third-order valence-corrected chi connectivity index (χ3v) is 3.00. The maximum Gasteiger partial charge on any atom is 0.244 e. The number of aliphatic hydroxyl groups excluding tert-OH is 1. The minimum atomic E-state index is -0.141. The average Bonchev–Trinajstić information content (AvgIpc) is 2.45. The van der Waals surface area contributed by atoms with Gasteiger partial charge in [-0.3, -0.25) is 4.79 Å². The van der Waals surface area contributed by atoms with E-state index < -0.39 is 0 Å². The Labute approximate surface area is 126 Å². The minimum absolute atomic E-state index is 0.0222. The van der Waals surface area contributed by atoms with Gasteiger partial charge in [0.15, 0.2) is 0 Å². The van der Waals surface area contributed by atoms with Crippen molar-refractivity contribution in [1.82, 2.24) is 5.32 Å². The SMILES string of the molecule is CCC(CCO)NC(=O)/C=C/c1ccc(OC(C)C)cc1. The zero-order valence-corrected chi connectivity index (χ0v) is 13.0. The number of aliphatic hydroxyl groups is 1. The Morgan fingerprint density at radius 2 is 2.00 bits per heavy atom. The van der Waals surface area contributed by atoms with E-state index in [1.54, 1.807) is 6.08 Å². The van der Waals surface area contributed by atoms with Crippen LogP contribution in [-0.4, -0.2) is 29.8 Å². The van der Waals surface area contributed by atoms with Gasteiger partial charge in [0.2, 0.25) is 5.91 Å². The number of rotatable bonds is 8. The average molecular weight is 291 g/mol. The Morgan fingerprint density at radius 1 is 1.33 bits per heavy atom. The molecule has 1 amide bonds. The summed E-state index contributed by atoms with van der Waals surface area (Å²) in [7, 11) is 0. The van der Waals surface area contributed by atoms with Crippen LogP contribution >= 0.6 is 0 Å². The summed E-state index contributed by atoms with van der Waals surface area (Å²) in [6, 6.07) is 7.61. The van der Waals surface area contributed by atoms with Gasteiger partial charge in [-0.15, -0.1) is 0 Å². The van der Waals surface area contributed by atoms with E-state index in [0.717, 1.165) is 17.7 Å². The quantitative estimate of drug-likeness (QED) is 0.724. The molecule has 0 saturated heterocycles. The molecular weight excluding hydrogens is 266 g/mol. The molecule has 1 aromatic rings. The highest BCUT2D eigenvalue weighted by Crippen LogP contribution is 2.14. The van der Waals surface area contributed by atoms with E-state index in [0.29, 0.717) is 6.42 Å². The first-order valence-corrected chi connectivity index (χ1v) is 7.41. The van der Waals surface area contributed by atoms with Crippen LogP contribution in [0.4, 0.5) is 0 Å². The van der Waals surface area contributed by atoms with Gasteiger partial charge < -0.3 is 15.2 Å². The van der Waals surface area contributed by atoms with Crippen LogP contribution in [-0.2, 0) is 4.79 Å². The Hall–Kier alpha value is -1.81. The van der Waals surface area contributed by atoms with E-state index >= 15 is 0 Å². The fourth-order valence-electron chi connectivity index (χ4n) is 1.89. The summed E-state index contributed by atoms with van der Waals surface area (Å²) in [6.07, 6.45) is 4.81. The number of carbonyl (C=O) groups excluding carboxylic acids is 1. The summed E-state index contributed by atoms with van der Waals surface area (Å²) < 4.78 is 5.56. The maximum atomic E-state index is 11.8. The van der Waals surface area contributed by atoms with Crippen LogP contribution in [0.1, 0.15) is 39.2 Å². The van der Waals surface area contributed by atoms with Crippen molar-refractivity contribution in [3.05, 3.63) is 35.9 Å². The van der Waals surface area contributed by atoms with Crippen LogP contribution < -0.4 is 10.1 Å². The Balaban J connectivity index is 2.53. The van der Waals surface area contributed by atoms with Crippen molar-refractivity contribution in [2.24, 2.45) is 0 Å². The molecule has 4 heteroatoms. The molecule has 0 aliphatic heterocycles. The lowest BCUT2D eigenvalue weighted by molar-refractivity contribution is -0.117. The van der Waals surface area contributed by atoms with E-state index in [9.17, 15) is 4.79 Å². The second-order valence-corrected chi connectivity index (χ2v) is 5.20. The molecule has 0 radical (unpaired) electrons. The highest BCUT2D eigenvalue weighted by molar-refractivity contribution is 5.91. The highest BCUT2D eigenvalue weighted by Gasteiger charge is 2.07. The molecule has 1 unspecified atom stereocenters. The molecule has 0 aliphatic rings. The third-order valence-electron chi connectivity index (χ3n) is 3.00. The predicted octanol–water partition coefficient (Wildman–Crippen LogP) is 2.76. The van der Waals surface area contributed by atoms with Gasteiger partial charge in [0.05, 0.1) is 6.10 Å². The van der Waals surface area contributed by atoms with Crippen molar-refractivity contribution in [2.75, 3.05) is 6.61 Å². The lowest BCUT2D eigenvalue weighted by Crippen LogP contribution is -2.33. The van der Waals surface area contributed by atoms with Crippen molar-refractivity contribution in [3.8, 4) is 5.75 Å². The maximum absolute atomic E-state index is 11.8. The predicted molar refractivity (Wildman–Crippen MR) is 85.2 cm³/mol. The summed E-state index contributed by atoms with van der Waals surface area (Å²) >= 11 is 0. The van der Waals surface area contributed by atoms with Gasteiger partial charge in [0.1, 0.15) is 5.75 Å². The molecule has 0 fully saturated rings. The first kappa shape index (κ1) is 17.2. The topological polar surface area (TPSA) is 58.6 Å². The monoisotopic (exact) mass is 291 g/mol. The van der Waals surface area contributed by atoms with E-state index in [1.807, 2.05) is 45.0 Å². The molecule has 116 valence electrons.